The van der Waals surface area contributed by atoms with E-state index >= 15 is 0 Å². The van der Waals surface area contributed by atoms with Crippen LogP contribution in [0.5, 0.6) is 0 Å². The third kappa shape index (κ3) is 4.65. The van der Waals surface area contributed by atoms with Crippen LogP contribution in [0.15, 0.2) is 24.3 Å². The molecule has 0 heterocycles. The standard InChI is InChI=1S/C12H15F3N2O/c1-2-17(8-12(13,14)15)11(18)7-9-4-3-5-10(16)6-9/h3-6H,2,7-8,16H2,1H3. The maximum atomic E-state index is 12.2. The Morgan fingerprint density at radius 2 is 2.06 bits per heavy atom. The fraction of sp³-hybridized carbons (Fsp3) is 0.417. The van der Waals surface area contributed by atoms with Gasteiger partial charge in [0.15, 0.2) is 0 Å². The van der Waals surface area contributed by atoms with Gasteiger partial charge >= 0.3 is 6.18 Å². The lowest BCUT2D eigenvalue weighted by Crippen LogP contribution is -2.39. The molecule has 100 valence electrons. The molecule has 0 unspecified atom stereocenters. The summed E-state index contributed by atoms with van der Waals surface area (Å²) in [6, 6.07) is 6.56. The molecule has 18 heavy (non-hydrogen) atoms. The number of rotatable bonds is 4. The fourth-order valence-corrected chi connectivity index (χ4v) is 1.58. The van der Waals surface area contributed by atoms with Gasteiger partial charge in [-0.15, -0.1) is 0 Å². The first-order chi connectivity index (χ1) is 8.31. The highest BCUT2D eigenvalue weighted by Gasteiger charge is 2.32. The summed E-state index contributed by atoms with van der Waals surface area (Å²) in [4.78, 5) is 12.5. The highest BCUT2D eigenvalue weighted by atomic mass is 19.4. The number of nitrogen functional groups attached to an aromatic ring is 1. The van der Waals surface area contributed by atoms with E-state index in [0.717, 1.165) is 4.90 Å². The van der Waals surface area contributed by atoms with E-state index in [2.05, 4.69) is 0 Å². The summed E-state index contributed by atoms with van der Waals surface area (Å²) in [7, 11) is 0. The summed E-state index contributed by atoms with van der Waals surface area (Å²) in [5, 5.41) is 0. The van der Waals surface area contributed by atoms with Crippen LogP contribution in [0.3, 0.4) is 0 Å². The molecule has 0 aliphatic carbocycles. The molecule has 3 nitrogen and oxygen atoms in total. The summed E-state index contributed by atoms with van der Waals surface area (Å²) < 4.78 is 36.7. The van der Waals surface area contributed by atoms with Gasteiger partial charge in [-0.2, -0.15) is 13.2 Å². The van der Waals surface area contributed by atoms with Crippen molar-refractivity contribution < 1.29 is 18.0 Å². The van der Waals surface area contributed by atoms with Crippen molar-refractivity contribution in [2.45, 2.75) is 19.5 Å². The Labute approximate surface area is 103 Å². The molecule has 1 rings (SSSR count). The molecule has 0 radical (unpaired) electrons. The average Bonchev–Trinajstić information content (AvgIpc) is 2.24. The van der Waals surface area contributed by atoms with Crippen LogP contribution >= 0.6 is 0 Å². The molecule has 0 atom stereocenters. The second kappa shape index (κ2) is 5.75. The Morgan fingerprint density at radius 1 is 1.39 bits per heavy atom. The van der Waals surface area contributed by atoms with Gasteiger partial charge in [-0.25, -0.2) is 0 Å². The van der Waals surface area contributed by atoms with Crippen LogP contribution in [0.25, 0.3) is 0 Å². The zero-order valence-corrected chi connectivity index (χ0v) is 10.00. The van der Waals surface area contributed by atoms with E-state index in [0.29, 0.717) is 11.3 Å². The zero-order chi connectivity index (χ0) is 13.8. The number of nitrogens with two attached hydrogens (primary N) is 1. The number of hydrogen-bond donors (Lipinski definition) is 1. The van der Waals surface area contributed by atoms with Gasteiger partial charge in [0.25, 0.3) is 0 Å². The molecule has 2 N–H and O–H groups in total. The molecule has 0 saturated heterocycles. The minimum absolute atomic E-state index is 0.0284. The van der Waals surface area contributed by atoms with E-state index in [1.54, 1.807) is 24.3 Å². The average molecular weight is 260 g/mol. The van der Waals surface area contributed by atoms with Gasteiger partial charge in [-0.3, -0.25) is 4.79 Å². The molecule has 0 aliphatic heterocycles. The van der Waals surface area contributed by atoms with Gasteiger partial charge in [0.05, 0.1) is 6.42 Å². The van der Waals surface area contributed by atoms with Crippen molar-refractivity contribution in [1.29, 1.82) is 0 Å². The lowest BCUT2D eigenvalue weighted by atomic mass is 10.1. The lowest BCUT2D eigenvalue weighted by Gasteiger charge is -2.22. The molecular weight excluding hydrogens is 245 g/mol. The van der Waals surface area contributed by atoms with Crippen LogP contribution in [0, 0.1) is 0 Å². The number of nitrogens with zero attached hydrogens (tertiary/aromatic N) is 1. The monoisotopic (exact) mass is 260 g/mol. The summed E-state index contributed by atoms with van der Waals surface area (Å²) >= 11 is 0. The fourth-order valence-electron chi connectivity index (χ4n) is 1.58. The molecular formula is C12H15F3N2O. The Hall–Kier alpha value is -1.72. The first kappa shape index (κ1) is 14.3. The maximum Gasteiger partial charge on any atom is 0.406 e. The Balaban J connectivity index is 2.68. The predicted molar refractivity (Wildman–Crippen MR) is 62.9 cm³/mol. The van der Waals surface area contributed by atoms with Crippen LogP contribution in [0.2, 0.25) is 0 Å². The van der Waals surface area contributed by atoms with Crippen LogP contribution in [0.4, 0.5) is 18.9 Å². The molecule has 0 spiro atoms. The SMILES string of the molecule is CCN(CC(F)(F)F)C(=O)Cc1cccc(N)c1. The number of likely N-dealkylation sites (N-methyl/N-ethyl adjacent to an activating group) is 1. The van der Waals surface area contributed by atoms with Gasteiger partial charge in [0, 0.05) is 12.2 Å². The summed E-state index contributed by atoms with van der Waals surface area (Å²) in [5.41, 5.74) is 6.64. The van der Waals surface area contributed by atoms with Gasteiger partial charge in [-0.1, -0.05) is 12.1 Å². The molecule has 0 bridgehead atoms. The second-order valence-corrected chi connectivity index (χ2v) is 3.94. The molecule has 0 aliphatic rings. The number of carbonyl (C=O) groups excluding carboxylic acids is 1. The largest absolute Gasteiger partial charge is 0.406 e. The van der Waals surface area contributed by atoms with Crippen molar-refractivity contribution in [3.63, 3.8) is 0 Å². The number of carbonyl (C=O) groups is 1. The van der Waals surface area contributed by atoms with Crippen molar-refractivity contribution in [1.82, 2.24) is 4.90 Å². The number of amides is 1. The van der Waals surface area contributed by atoms with Gasteiger partial charge in [0.2, 0.25) is 5.91 Å². The summed E-state index contributed by atoms with van der Waals surface area (Å²) in [6.45, 7) is 0.328. The number of anilines is 1. The second-order valence-electron chi connectivity index (χ2n) is 3.94. The van der Waals surface area contributed by atoms with Crippen molar-refractivity contribution in [3.05, 3.63) is 29.8 Å². The molecule has 1 amide bonds. The van der Waals surface area contributed by atoms with Gasteiger partial charge < -0.3 is 10.6 Å². The number of halogens is 3. The Kier molecular flexibility index (Phi) is 4.58. The van der Waals surface area contributed by atoms with E-state index in [-0.39, 0.29) is 13.0 Å². The minimum atomic E-state index is -4.37. The normalized spacial score (nSPS) is 11.3. The van der Waals surface area contributed by atoms with E-state index in [4.69, 9.17) is 5.73 Å². The minimum Gasteiger partial charge on any atom is -0.399 e. The molecule has 0 saturated carbocycles. The summed E-state index contributed by atoms with van der Waals surface area (Å²) in [6.07, 6.45) is -4.45. The van der Waals surface area contributed by atoms with Crippen molar-refractivity contribution in [2.75, 3.05) is 18.8 Å². The maximum absolute atomic E-state index is 12.2. The van der Waals surface area contributed by atoms with E-state index in [1.807, 2.05) is 0 Å². The number of hydrogen-bond acceptors (Lipinski definition) is 2. The summed E-state index contributed by atoms with van der Waals surface area (Å²) in [5.74, 6) is -0.555. The predicted octanol–water partition coefficient (Wildman–Crippen LogP) is 2.22. The van der Waals surface area contributed by atoms with E-state index in [1.165, 1.54) is 6.92 Å². The third-order valence-electron chi connectivity index (χ3n) is 2.41. The van der Waals surface area contributed by atoms with Crippen molar-refractivity contribution in [2.24, 2.45) is 0 Å². The van der Waals surface area contributed by atoms with Crippen molar-refractivity contribution in [3.8, 4) is 0 Å². The smallest absolute Gasteiger partial charge is 0.399 e. The first-order valence-corrected chi connectivity index (χ1v) is 5.50. The highest BCUT2D eigenvalue weighted by molar-refractivity contribution is 5.79. The number of benzene rings is 1. The number of alkyl halides is 3. The van der Waals surface area contributed by atoms with Crippen LogP contribution < -0.4 is 5.73 Å². The molecule has 1 aromatic carbocycles. The molecule has 6 heteroatoms. The van der Waals surface area contributed by atoms with Crippen molar-refractivity contribution >= 4 is 11.6 Å². The Bertz CT molecular complexity index is 418. The quantitative estimate of drug-likeness (QED) is 0.844. The van der Waals surface area contributed by atoms with Crippen LogP contribution in [-0.4, -0.2) is 30.1 Å². The molecule has 1 aromatic rings. The highest BCUT2D eigenvalue weighted by Crippen LogP contribution is 2.17. The van der Waals surface area contributed by atoms with E-state index in [9.17, 15) is 18.0 Å². The topological polar surface area (TPSA) is 46.3 Å². The Morgan fingerprint density at radius 3 is 2.56 bits per heavy atom. The molecule has 0 fully saturated rings. The lowest BCUT2D eigenvalue weighted by molar-refractivity contribution is -0.160. The third-order valence-corrected chi connectivity index (χ3v) is 2.41. The van der Waals surface area contributed by atoms with Gasteiger partial charge in [-0.05, 0) is 24.6 Å². The van der Waals surface area contributed by atoms with Crippen LogP contribution in [-0.2, 0) is 11.2 Å². The van der Waals surface area contributed by atoms with Crippen LogP contribution in [0.1, 0.15) is 12.5 Å². The first-order valence-electron chi connectivity index (χ1n) is 5.50. The van der Waals surface area contributed by atoms with E-state index < -0.39 is 18.6 Å². The zero-order valence-electron chi connectivity index (χ0n) is 10.00. The van der Waals surface area contributed by atoms with Gasteiger partial charge in [0.1, 0.15) is 6.54 Å². The molecule has 0 aromatic heterocycles.